The van der Waals surface area contributed by atoms with Crippen molar-refractivity contribution in [2.24, 2.45) is 0 Å². The zero-order valence-electron chi connectivity index (χ0n) is 11.0. The highest BCUT2D eigenvalue weighted by atomic mass is 35.5. The molecule has 0 N–H and O–H groups in total. The summed E-state index contributed by atoms with van der Waals surface area (Å²) in [5.74, 6) is 0.442. The maximum absolute atomic E-state index is 12.0. The minimum Gasteiger partial charge on any atom is -0.467 e. The van der Waals surface area contributed by atoms with Crippen LogP contribution in [0.1, 0.15) is 24.6 Å². The number of pyridine rings is 1. The molecule has 3 rings (SSSR count). The van der Waals surface area contributed by atoms with Crippen molar-refractivity contribution in [1.82, 2.24) is 14.5 Å². The number of aromatic nitrogens is 3. The normalized spacial score (nSPS) is 17.6. The van der Waals surface area contributed by atoms with Crippen molar-refractivity contribution < 1.29 is 9.53 Å². The molecular weight excluding hydrogens is 278 g/mol. The van der Waals surface area contributed by atoms with Crippen molar-refractivity contribution in [3.8, 4) is 11.4 Å². The fraction of sp³-hybridized carbons (Fsp3) is 0.357. The van der Waals surface area contributed by atoms with Gasteiger partial charge in [0.2, 0.25) is 0 Å². The lowest BCUT2D eigenvalue weighted by atomic mass is 10.0. The van der Waals surface area contributed by atoms with E-state index < -0.39 is 0 Å². The first-order valence-electron chi connectivity index (χ1n) is 6.47. The van der Waals surface area contributed by atoms with E-state index in [-0.39, 0.29) is 12.0 Å². The molecule has 0 bridgehead atoms. The van der Waals surface area contributed by atoms with Crippen molar-refractivity contribution in [3.05, 3.63) is 35.4 Å². The van der Waals surface area contributed by atoms with Crippen molar-refractivity contribution in [2.45, 2.75) is 25.3 Å². The molecule has 2 aromatic rings. The van der Waals surface area contributed by atoms with Gasteiger partial charge in [-0.15, -0.1) is 0 Å². The number of hydrogen-bond donors (Lipinski definition) is 0. The summed E-state index contributed by atoms with van der Waals surface area (Å²) in [5.41, 5.74) is 1.80. The number of carbonyl (C=O) groups is 1. The molecule has 0 aromatic carbocycles. The summed E-state index contributed by atoms with van der Waals surface area (Å²) in [5, 5.41) is 0.463. The van der Waals surface area contributed by atoms with Crippen LogP contribution in [0.5, 0.6) is 0 Å². The quantitative estimate of drug-likeness (QED) is 0.798. The zero-order chi connectivity index (χ0) is 14.1. The van der Waals surface area contributed by atoms with Gasteiger partial charge in [0.25, 0.3) is 0 Å². The van der Waals surface area contributed by atoms with Crippen molar-refractivity contribution in [1.29, 1.82) is 0 Å². The van der Waals surface area contributed by atoms with Crippen LogP contribution < -0.4 is 0 Å². The monoisotopic (exact) mass is 291 g/mol. The summed E-state index contributed by atoms with van der Waals surface area (Å²) in [6.45, 7) is 0. The largest absolute Gasteiger partial charge is 0.467 e. The summed E-state index contributed by atoms with van der Waals surface area (Å²) in [6, 6.07) is 3.36. The molecule has 1 unspecified atom stereocenters. The van der Waals surface area contributed by atoms with Crippen LogP contribution >= 0.6 is 11.6 Å². The summed E-state index contributed by atoms with van der Waals surface area (Å²) in [4.78, 5) is 20.4. The fourth-order valence-electron chi connectivity index (χ4n) is 2.65. The number of carbonyl (C=O) groups excluding carboxylic acids is 1. The fourth-order valence-corrected chi connectivity index (χ4v) is 2.92. The summed E-state index contributed by atoms with van der Waals surface area (Å²) in [7, 11) is 1.40. The van der Waals surface area contributed by atoms with Gasteiger partial charge < -0.3 is 9.30 Å². The van der Waals surface area contributed by atoms with Gasteiger partial charge in [-0.3, -0.25) is 4.98 Å². The number of fused-ring (bicyclic) bond motifs is 1. The molecule has 0 saturated heterocycles. The number of hydrogen-bond acceptors (Lipinski definition) is 4. The van der Waals surface area contributed by atoms with E-state index in [0.29, 0.717) is 11.0 Å². The van der Waals surface area contributed by atoms with Crippen LogP contribution in [0.4, 0.5) is 0 Å². The van der Waals surface area contributed by atoms with E-state index in [0.717, 1.165) is 30.5 Å². The van der Waals surface area contributed by atoms with E-state index in [9.17, 15) is 4.79 Å². The predicted octanol–water partition coefficient (Wildman–Crippen LogP) is 2.65. The Morgan fingerprint density at radius 2 is 2.20 bits per heavy atom. The van der Waals surface area contributed by atoms with E-state index in [1.165, 1.54) is 7.11 Å². The van der Waals surface area contributed by atoms with Crippen LogP contribution in [0.3, 0.4) is 0 Å². The van der Waals surface area contributed by atoms with Gasteiger partial charge in [-0.25, -0.2) is 9.78 Å². The lowest BCUT2D eigenvalue weighted by Gasteiger charge is -2.25. The second-order valence-corrected chi connectivity index (χ2v) is 5.07. The summed E-state index contributed by atoms with van der Waals surface area (Å²) >= 11 is 6.23. The number of esters is 1. The first-order chi connectivity index (χ1) is 9.72. The Bertz CT molecular complexity index is 639. The molecule has 6 heteroatoms. The van der Waals surface area contributed by atoms with Crippen LogP contribution in [0.25, 0.3) is 11.4 Å². The molecule has 0 spiro atoms. The molecule has 1 aliphatic rings. The standard InChI is InChI=1S/C14H14ClN3O2/c1-20-14(19)11-4-2-3-10-12(15)17-13(18(10)11)9-5-7-16-8-6-9/h5-8,11H,2-4H2,1H3. The maximum Gasteiger partial charge on any atom is 0.328 e. The van der Waals surface area contributed by atoms with E-state index in [2.05, 4.69) is 9.97 Å². The molecule has 5 nitrogen and oxygen atoms in total. The van der Waals surface area contributed by atoms with E-state index in [4.69, 9.17) is 16.3 Å². The van der Waals surface area contributed by atoms with Gasteiger partial charge in [0.05, 0.1) is 12.8 Å². The van der Waals surface area contributed by atoms with Crippen LogP contribution in [-0.2, 0) is 16.0 Å². The van der Waals surface area contributed by atoms with Gasteiger partial charge in [0.15, 0.2) is 5.15 Å². The topological polar surface area (TPSA) is 57.0 Å². The second-order valence-electron chi connectivity index (χ2n) is 4.71. The average molecular weight is 292 g/mol. The maximum atomic E-state index is 12.0. The molecule has 0 radical (unpaired) electrons. The van der Waals surface area contributed by atoms with Crippen molar-refractivity contribution >= 4 is 17.6 Å². The highest BCUT2D eigenvalue weighted by molar-refractivity contribution is 6.30. The Labute approximate surface area is 121 Å². The average Bonchev–Trinajstić information content (AvgIpc) is 2.85. The number of ether oxygens (including phenoxy) is 1. The highest BCUT2D eigenvalue weighted by Gasteiger charge is 2.32. The number of imidazole rings is 1. The Morgan fingerprint density at radius 1 is 1.45 bits per heavy atom. The van der Waals surface area contributed by atoms with Gasteiger partial charge >= 0.3 is 5.97 Å². The summed E-state index contributed by atoms with van der Waals surface area (Å²) in [6.07, 6.45) is 5.86. The Morgan fingerprint density at radius 3 is 2.90 bits per heavy atom. The van der Waals surface area contributed by atoms with Crippen molar-refractivity contribution in [3.63, 3.8) is 0 Å². The lowest BCUT2D eigenvalue weighted by molar-refractivity contribution is -0.145. The third-order valence-electron chi connectivity index (χ3n) is 3.58. The van der Waals surface area contributed by atoms with Gasteiger partial charge in [-0.05, 0) is 31.4 Å². The van der Waals surface area contributed by atoms with Crippen LogP contribution in [0, 0.1) is 0 Å². The van der Waals surface area contributed by atoms with Crippen molar-refractivity contribution in [2.75, 3.05) is 7.11 Å². The molecule has 1 aliphatic heterocycles. The second kappa shape index (κ2) is 5.25. The van der Waals surface area contributed by atoms with Crippen LogP contribution in [0.2, 0.25) is 5.15 Å². The van der Waals surface area contributed by atoms with Crippen LogP contribution in [-0.4, -0.2) is 27.6 Å². The Kier molecular flexibility index (Phi) is 3.44. The highest BCUT2D eigenvalue weighted by Crippen LogP contribution is 2.35. The molecule has 0 aliphatic carbocycles. The molecule has 0 amide bonds. The molecular formula is C14H14ClN3O2. The first-order valence-corrected chi connectivity index (χ1v) is 6.85. The van der Waals surface area contributed by atoms with Gasteiger partial charge in [0, 0.05) is 18.0 Å². The number of methoxy groups -OCH3 is 1. The summed E-state index contributed by atoms with van der Waals surface area (Å²) < 4.78 is 6.81. The SMILES string of the molecule is COC(=O)C1CCCc2c(Cl)nc(-c3ccncc3)n21. The molecule has 2 aromatic heterocycles. The Balaban J connectivity index is 2.16. The van der Waals surface area contributed by atoms with Gasteiger partial charge in [-0.1, -0.05) is 11.6 Å². The molecule has 104 valence electrons. The Hall–Kier alpha value is -1.88. The number of nitrogens with zero attached hydrogens (tertiary/aromatic N) is 3. The van der Waals surface area contributed by atoms with E-state index in [1.807, 2.05) is 16.7 Å². The first kappa shape index (κ1) is 13.1. The number of rotatable bonds is 2. The minimum absolute atomic E-state index is 0.254. The molecule has 1 atom stereocenters. The lowest BCUT2D eigenvalue weighted by Crippen LogP contribution is -2.26. The smallest absolute Gasteiger partial charge is 0.328 e. The van der Waals surface area contributed by atoms with Gasteiger partial charge in [0.1, 0.15) is 11.9 Å². The molecule has 0 fully saturated rings. The third-order valence-corrected chi connectivity index (χ3v) is 3.88. The predicted molar refractivity (Wildman–Crippen MR) is 74.5 cm³/mol. The van der Waals surface area contributed by atoms with Crippen LogP contribution in [0.15, 0.2) is 24.5 Å². The number of halogens is 1. The molecule has 20 heavy (non-hydrogen) atoms. The molecule has 0 saturated carbocycles. The zero-order valence-corrected chi connectivity index (χ0v) is 11.8. The third kappa shape index (κ3) is 2.08. The van der Waals surface area contributed by atoms with E-state index in [1.54, 1.807) is 12.4 Å². The minimum atomic E-state index is -0.355. The van der Waals surface area contributed by atoms with E-state index >= 15 is 0 Å². The molecule has 3 heterocycles. The van der Waals surface area contributed by atoms with Gasteiger partial charge in [-0.2, -0.15) is 0 Å².